The van der Waals surface area contributed by atoms with Crippen molar-refractivity contribution in [2.24, 2.45) is 0 Å². The number of carbonyl (C=O) groups excluding carboxylic acids is 1. The molecule has 1 atom stereocenters. The third kappa shape index (κ3) is 1.55. The largest absolute Gasteiger partial charge is 0.493 e. The van der Waals surface area contributed by atoms with E-state index in [1.165, 1.54) is 0 Å². The summed E-state index contributed by atoms with van der Waals surface area (Å²) in [5, 5.41) is 0. The Labute approximate surface area is 106 Å². The highest BCUT2D eigenvalue weighted by molar-refractivity contribution is 5.98. The van der Waals surface area contributed by atoms with E-state index in [2.05, 4.69) is 0 Å². The van der Waals surface area contributed by atoms with Gasteiger partial charge in [0.15, 0.2) is 11.5 Å². The fraction of sp³-hybridized carbons (Fsp3) is 0.500. The minimum atomic E-state index is 0.139. The van der Waals surface area contributed by atoms with Crippen LogP contribution >= 0.6 is 0 Å². The molecule has 0 saturated carbocycles. The summed E-state index contributed by atoms with van der Waals surface area (Å²) in [6.07, 6.45) is 3.15. The van der Waals surface area contributed by atoms with Crippen molar-refractivity contribution >= 4 is 5.91 Å². The number of fused-ring (bicyclic) bond motifs is 2. The number of amides is 1. The molecule has 1 aromatic rings. The van der Waals surface area contributed by atoms with E-state index in [4.69, 9.17) is 9.47 Å². The van der Waals surface area contributed by atoms with E-state index in [0.717, 1.165) is 36.9 Å². The highest BCUT2D eigenvalue weighted by atomic mass is 16.5. The van der Waals surface area contributed by atoms with Crippen molar-refractivity contribution in [2.75, 3.05) is 20.8 Å². The van der Waals surface area contributed by atoms with E-state index in [1.807, 2.05) is 17.0 Å². The number of nitrogens with zero attached hydrogens (tertiary/aromatic N) is 1. The van der Waals surface area contributed by atoms with Gasteiger partial charge in [-0.1, -0.05) is 0 Å². The third-order valence-corrected chi connectivity index (χ3v) is 3.93. The average Bonchev–Trinajstić information content (AvgIpc) is 2.86. The number of methoxy groups -OCH3 is 2. The second-order valence-corrected chi connectivity index (χ2v) is 4.86. The van der Waals surface area contributed by atoms with Gasteiger partial charge in [-0.15, -0.1) is 0 Å². The third-order valence-electron chi connectivity index (χ3n) is 3.93. The van der Waals surface area contributed by atoms with Gasteiger partial charge in [0.1, 0.15) is 0 Å². The summed E-state index contributed by atoms with van der Waals surface area (Å²) in [4.78, 5) is 14.4. The maximum absolute atomic E-state index is 12.4. The molecule has 18 heavy (non-hydrogen) atoms. The highest BCUT2D eigenvalue weighted by Crippen LogP contribution is 2.36. The van der Waals surface area contributed by atoms with Crippen molar-refractivity contribution in [1.29, 1.82) is 0 Å². The topological polar surface area (TPSA) is 38.8 Å². The smallest absolute Gasteiger partial charge is 0.254 e. The summed E-state index contributed by atoms with van der Waals surface area (Å²) in [5.74, 6) is 1.47. The molecule has 3 rings (SSSR count). The molecule has 0 aliphatic carbocycles. The Kier molecular flexibility index (Phi) is 2.65. The SMILES string of the molecule is COc1cc2c(cc1OC)C(=O)N1CCC[C@@H]1C2. The quantitative estimate of drug-likeness (QED) is 0.800. The van der Waals surface area contributed by atoms with Crippen molar-refractivity contribution in [3.63, 3.8) is 0 Å². The molecule has 0 radical (unpaired) electrons. The molecule has 2 aliphatic rings. The fourth-order valence-electron chi connectivity index (χ4n) is 3.01. The number of rotatable bonds is 2. The Hall–Kier alpha value is -1.71. The number of ether oxygens (including phenoxy) is 2. The molecular formula is C14H17NO3. The first-order chi connectivity index (χ1) is 8.74. The molecule has 96 valence electrons. The summed E-state index contributed by atoms with van der Waals surface area (Å²) in [6.45, 7) is 0.886. The van der Waals surface area contributed by atoms with Crippen LogP contribution in [0.5, 0.6) is 11.5 Å². The molecule has 0 bridgehead atoms. The molecule has 2 heterocycles. The highest BCUT2D eigenvalue weighted by Gasteiger charge is 2.36. The molecule has 2 aliphatic heterocycles. The normalized spacial score (nSPS) is 21.6. The number of hydrogen-bond acceptors (Lipinski definition) is 3. The first kappa shape index (κ1) is 11.4. The first-order valence-corrected chi connectivity index (χ1v) is 6.30. The molecule has 0 spiro atoms. The average molecular weight is 247 g/mol. The van der Waals surface area contributed by atoms with E-state index in [-0.39, 0.29) is 5.91 Å². The van der Waals surface area contributed by atoms with Gasteiger partial charge in [0.05, 0.1) is 14.2 Å². The van der Waals surface area contributed by atoms with Crippen molar-refractivity contribution < 1.29 is 14.3 Å². The van der Waals surface area contributed by atoms with Gasteiger partial charge in [-0.25, -0.2) is 0 Å². The second-order valence-electron chi connectivity index (χ2n) is 4.86. The van der Waals surface area contributed by atoms with Crippen LogP contribution in [-0.4, -0.2) is 37.6 Å². The van der Waals surface area contributed by atoms with Crippen molar-refractivity contribution in [3.05, 3.63) is 23.3 Å². The minimum absolute atomic E-state index is 0.139. The molecule has 0 aromatic heterocycles. The first-order valence-electron chi connectivity index (χ1n) is 6.30. The Morgan fingerprint density at radius 2 is 1.94 bits per heavy atom. The van der Waals surface area contributed by atoms with Crippen molar-refractivity contribution in [3.8, 4) is 11.5 Å². The summed E-state index contributed by atoms with van der Waals surface area (Å²) >= 11 is 0. The second kappa shape index (κ2) is 4.19. The number of carbonyl (C=O) groups is 1. The molecule has 1 fully saturated rings. The van der Waals surface area contributed by atoms with Crippen LogP contribution in [0.2, 0.25) is 0 Å². The van der Waals surface area contributed by atoms with Gasteiger partial charge >= 0.3 is 0 Å². The molecule has 1 saturated heterocycles. The zero-order valence-corrected chi connectivity index (χ0v) is 10.7. The van der Waals surface area contributed by atoms with Gasteiger partial charge in [-0.2, -0.15) is 0 Å². The number of benzene rings is 1. The van der Waals surface area contributed by atoms with Crippen LogP contribution in [0.15, 0.2) is 12.1 Å². The maximum atomic E-state index is 12.4. The van der Waals surface area contributed by atoms with Crippen LogP contribution in [0, 0.1) is 0 Å². The van der Waals surface area contributed by atoms with E-state index in [1.54, 1.807) is 14.2 Å². The minimum Gasteiger partial charge on any atom is -0.493 e. The Morgan fingerprint density at radius 1 is 1.22 bits per heavy atom. The van der Waals surface area contributed by atoms with Gasteiger partial charge in [0.2, 0.25) is 0 Å². The predicted molar refractivity (Wildman–Crippen MR) is 67.3 cm³/mol. The van der Waals surface area contributed by atoms with E-state index in [9.17, 15) is 4.79 Å². The molecule has 1 aromatic carbocycles. The van der Waals surface area contributed by atoms with E-state index >= 15 is 0 Å². The van der Waals surface area contributed by atoms with Crippen molar-refractivity contribution in [1.82, 2.24) is 4.90 Å². The fourth-order valence-corrected chi connectivity index (χ4v) is 3.01. The molecule has 1 amide bonds. The Bertz CT molecular complexity index is 498. The van der Waals surface area contributed by atoms with Gasteiger partial charge < -0.3 is 14.4 Å². The van der Waals surface area contributed by atoms with Gasteiger partial charge in [0, 0.05) is 18.2 Å². The zero-order chi connectivity index (χ0) is 12.7. The van der Waals surface area contributed by atoms with Crippen molar-refractivity contribution in [2.45, 2.75) is 25.3 Å². The van der Waals surface area contributed by atoms with Crippen LogP contribution in [0.25, 0.3) is 0 Å². The lowest BCUT2D eigenvalue weighted by Crippen LogP contribution is -2.41. The lowest BCUT2D eigenvalue weighted by atomic mass is 9.93. The summed E-state index contributed by atoms with van der Waals surface area (Å²) < 4.78 is 10.6. The Balaban J connectivity index is 2.08. The molecule has 4 nitrogen and oxygen atoms in total. The van der Waals surface area contributed by atoms with Crippen LogP contribution in [0.3, 0.4) is 0 Å². The summed E-state index contributed by atoms with van der Waals surface area (Å²) in [6, 6.07) is 4.13. The van der Waals surface area contributed by atoms with E-state index < -0.39 is 0 Å². The van der Waals surface area contributed by atoms with Gasteiger partial charge in [0.25, 0.3) is 5.91 Å². The Morgan fingerprint density at radius 3 is 2.67 bits per heavy atom. The van der Waals surface area contributed by atoms with Gasteiger partial charge in [-0.3, -0.25) is 4.79 Å². The summed E-state index contributed by atoms with van der Waals surface area (Å²) in [7, 11) is 3.22. The summed E-state index contributed by atoms with van der Waals surface area (Å²) in [5.41, 5.74) is 1.85. The van der Waals surface area contributed by atoms with Crippen LogP contribution in [0.1, 0.15) is 28.8 Å². The zero-order valence-electron chi connectivity index (χ0n) is 10.7. The molecular weight excluding hydrogens is 230 g/mol. The van der Waals surface area contributed by atoms with Crippen LogP contribution in [0.4, 0.5) is 0 Å². The molecule has 0 N–H and O–H groups in total. The van der Waals surface area contributed by atoms with Crippen LogP contribution < -0.4 is 9.47 Å². The predicted octanol–water partition coefficient (Wildman–Crippen LogP) is 1.86. The van der Waals surface area contributed by atoms with Gasteiger partial charge in [-0.05, 0) is 37.0 Å². The van der Waals surface area contributed by atoms with Crippen LogP contribution in [-0.2, 0) is 6.42 Å². The molecule has 0 unspecified atom stereocenters. The van der Waals surface area contributed by atoms with E-state index in [0.29, 0.717) is 17.5 Å². The number of hydrogen-bond donors (Lipinski definition) is 0. The standard InChI is InChI=1S/C14H17NO3/c1-17-12-7-9-6-10-4-3-5-15(10)14(16)11(9)8-13(12)18-2/h7-8,10H,3-6H2,1-2H3/t10-/m1/s1. The lowest BCUT2D eigenvalue weighted by Gasteiger charge is -2.31. The monoisotopic (exact) mass is 247 g/mol. The maximum Gasteiger partial charge on any atom is 0.254 e. The lowest BCUT2D eigenvalue weighted by molar-refractivity contribution is 0.0714. The molecule has 4 heteroatoms.